The highest BCUT2D eigenvalue weighted by molar-refractivity contribution is 6.09. The van der Waals surface area contributed by atoms with Crippen molar-refractivity contribution in [3.8, 4) is 5.75 Å². The minimum absolute atomic E-state index is 0.163. The molecule has 1 saturated heterocycles. The van der Waals surface area contributed by atoms with Gasteiger partial charge in [-0.15, -0.1) is 0 Å². The maximum Gasteiger partial charge on any atom is 0.259 e. The van der Waals surface area contributed by atoms with Crippen LogP contribution in [0.15, 0.2) is 64.4 Å². The summed E-state index contributed by atoms with van der Waals surface area (Å²) in [4.78, 5) is 23.0. The second-order valence-electron chi connectivity index (χ2n) is 9.55. The Balaban J connectivity index is 1.46. The molecule has 0 spiro atoms. The number of benzene rings is 3. The zero-order valence-corrected chi connectivity index (χ0v) is 21.4. The summed E-state index contributed by atoms with van der Waals surface area (Å²) in [5.41, 5.74) is 11.3. The van der Waals surface area contributed by atoms with Gasteiger partial charge in [-0.25, -0.2) is 4.39 Å². The largest absolute Gasteiger partial charge is 0.508 e. The highest BCUT2D eigenvalue weighted by Crippen LogP contribution is 2.30. The van der Waals surface area contributed by atoms with E-state index in [-0.39, 0.29) is 28.2 Å². The highest BCUT2D eigenvalue weighted by Gasteiger charge is 2.17. The maximum atomic E-state index is 15.0. The van der Waals surface area contributed by atoms with Crippen LogP contribution in [0.5, 0.6) is 5.75 Å². The molecule has 4 aromatic rings. The first-order valence-electron chi connectivity index (χ1n) is 12.6. The summed E-state index contributed by atoms with van der Waals surface area (Å²) in [6.07, 6.45) is 0. The number of H-pyrrole nitrogens is 1. The van der Waals surface area contributed by atoms with E-state index in [0.29, 0.717) is 23.2 Å². The minimum Gasteiger partial charge on any atom is -0.508 e. The number of halogens is 1. The van der Waals surface area contributed by atoms with E-state index in [2.05, 4.69) is 26.6 Å². The summed E-state index contributed by atoms with van der Waals surface area (Å²) in [6, 6.07) is 15.6. The quantitative estimate of drug-likeness (QED) is 0.243. The Morgan fingerprint density at radius 3 is 2.61 bits per heavy atom. The van der Waals surface area contributed by atoms with Crippen molar-refractivity contribution < 1.29 is 9.50 Å². The van der Waals surface area contributed by atoms with Crippen molar-refractivity contribution >= 4 is 39.4 Å². The molecule has 0 amide bonds. The zero-order valence-electron chi connectivity index (χ0n) is 21.4. The first kappa shape index (κ1) is 25.3. The fraction of sp³-hybridized carbons (Fsp3) is 0.241. The number of anilines is 3. The van der Waals surface area contributed by atoms with Crippen molar-refractivity contribution in [1.82, 2.24) is 10.3 Å². The van der Waals surface area contributed by atoms with Crippen molar-refractivity contribution in [3.63, 3.8) is 0 Å². The molecule has 6 N–H and O–H groups in total. The summed E-state index contributed by atoms with van der Waals surface area (Å²) in [5.74, 6) is -0.328. The molecule has 1 aliphatic heterocycles. The van der Waals surface area contributed by atoms with Gasteiger partial charge in [-0.1, -0.05) is 18.2 Å². The van der Waals surface area contributed by atoms with Crippen LogP contribution < -0.4 is 26.8 Å². The third kappa shape index (κ3) is 5.19. The number of phenolic OH excluding ortho intramolecular Hbond substituents is 1. The standard InChI is InChI=1S/C29H31FN6O2/c1-17-3-6-20(36-11-9-32-10-12-36)13-24(17)34-18(2)27-28(31)22-14-23(30)26(15-25(22)35-29(27)38)33-16-19-4-7-21(37)8-5-19/h3-8,13-15,32-33,37H,9-12,16H2,1-2H3,(H3,31,35,38). The molecular weight excluding hydrogens is 483 g/mol. The summed E-state index contributed by atoms with van der Waals surface area (Å²) in [5, 5.41) is 16.2. The summed E-state index contributed by atoms with van der Waals surface area (Å²) >= 11 is 0. The van der Waals surface area contributed by atoms with Gasteiger partial charge in [0, 0.05) is 43.8 Å². The number of aromatic amines is 1. The van der Waals surface area contributed by atoms with Crippen LogP contribution in [0.2, 0.25) is 0 Å². The van der Waals surface area contributed by atoms with E-state index in [9.17, 15) is 9.90 Å². The van der Waals surface area contributed by atoms with Crippen LogP contribution >= 0.6 is 0 Å². The molecule has 9 heteroatoms. The van der Waals surface area contributed by atoms with Crippen LogP contribution in [0.1, 0.15) is 23.6 Å². The number of nitrogen functional groups attached to an aromatic ring is 1. The lowest BCUT2D eigenvalue weighted by molar-refractivity contribution is 0.475. The average Bonchev–Trinajstić information content (AvgIpc) is 2.91. The first-order chi connectivity index (χ1) is 18.3. The zero-order chi connectivity index (χ0) is 26.8. The van der Waals surface area contributed by atoms with Crippen molar-refractivity contribution in [2.75, 3.05) is 42.1 Å². The number of phenols is 1. The van der Waals surface area contributed by atoms with Crippen LogP contribution in [0.4, 0.5) is 27.1 Å². The Hall–Kier alpha value is -4.37. The Morgan fingerprint density at radius 2 is 1.87 bits per heavy atom. The topological polar surface area (TPSA) is 119 Å². The molecule has 0 aliphatic carbocycles. The Morgan fingerprint density at radius 1 is 1.13 bits per heavy atom. The molecule has 1 fully saturated rings. The van der Waals surface area contributed by atoms with E-state index in [1.165, 1.54) is 6.07 Å². The number of piperazine rings is 1. The lowest BCUT2D eigenvalue weighted by Crippen LogP contribution is -2.43. The molecule has 2 heterocycles. The van der Waals surface area contributed by atoms with E-state index >= 15 is 4.39 Å². The number of hydrogen-bond donors (Lipinski definition) is 5. The number of nitrogens with zero attached hydrogens (tertiary/aromatic N) is 2. The van der Waals surface area contributed by atoms with Gasteiger partial charge in [-0.2, -0.15) is 0 Å². The molecule has 38 heavy (non-hydrogen) atoms. The normalized spacial score (nSPS) is 14.2. The molecule has 1 aromatic heterocycles. The number of aliphatic imine (C=N–C) groups is 1. The van der Waals surface area contributed by atoms with Crippen molar-refractivity contribution in [2.24, 2.45) is 4.99 Å². The molecule has 8 nitrogen and oxygen atoms in total. The van der Waals surface area contributed by atoms with Gasteiger partial charge in [0.15, 0.2) is 0 Å². The summed E-state index contributed by atoms with van der Waals surface area (Å²) in [7, 11) is 0. The molecular formula is C29H31FN6O2. The Labute approximate surface area is 220 Å². The number of aromatic hydroxyl groups is 1. The van der Waals surface area contributed by atoms with Gasteiger partial charge in [0.2, 0.25) is 0 Å². The van der Waals surface area contributed by atoms with Crippen LogP contribution in [0.25, 0.3) is 10.9 Å². The number of aromatic nitrogens is 1. The van der Waals surface area contributed by atoms with E-state index in [0.717, 1.165) is 48.7 Å². The predicted octanol–water partition coefficient (Wildman–Crippen LogP) is 4.43. The van der Waals surface area contributed by atoms with Crippen molar-refractivity contribution in [1.29, 1.82) is 0 Å². The molecule has 0 unspecified atom stereocenters. The smallest absolute Gasteiger partial charge is 0.259 e. The summed E-state index contributed by atoms with van der Waals surface area (Å²) in [6.45, 7) is 7.76. The molecule has 1 aliphatic rings. The third-order valence-electron chi connectivity index (χ3n) is 6.89. The average molecular weight is 515 g/mol. The van der Waals surface area contributed by atoms with Gasteiger partial charge in [0.05, 0.1) is 33.9 Å². The number of aryl methyl sites for hydroxylation is 1. The van der Waals surface area contributed by atoms with Gasteiger partial charge in [0.1, 0.15) is 11.6 Å². The number of rotatable bonds is 6. The fourth-order valence-electron chi connectivity index (χ4n) is 4.72. The second-order valence-corrected chi connectivity index (χ2v) is 9.55. The van der Waals surface area contributed by atoms with E-state index in [1.807, 2.05) is 19.1 Å². The van der Waals surface area contributed by atoms with Crippen molar-refractivity contribution in [2.45, 2.75) is 20.4 Å². The van der Waals surface area contributed by atoms with Gasteiger partial charge >= 0.3 is 0 Å². The van der Waals surface area contributed by atoms with Crippen molar-refractivity contribution in [3.05, 3.63) is 87.5 Å². The third-order valence-corrected chi connectivity index (χ3v) is 6.89. The number of pyridine rings is 1. The fourth-order valence-corrected chi connectivity index (χ4v) is 4.72. The van der Waals surface area contributed by atoms with Crippen LogP contribution in [0.3, 0.4) is 0 Å². The minimum atomic E-state index is -0.491. The van der Waals surface area contributed by atoms with Crippen LogP contribution in [0, 0.1) is 12.7 Å². The van der Waals surface area contributed by atoms with Gasteiger partial charge in [-0.05, 0) is 61.4 Å². The SMILES string of the molecule is CC(=Nc1cc(N2CCNCC2)ccc1C)c1c(N)c2cc(F)c(NCc3ccc(O)cc3)cc2[nH]c1=O. The van der Waals surface area contributed by atoms with E-state index in [1.54, 1.807) is 37.3 Å². The first-order valence-corrected chi connectivity index (χ1v) is 12.6. The molecule has 3 aromatic carbocycles. The molecule has 0 bridgehead atoms. The second kappa shape index (κ2) is 10.5. The number of fused-ring (bicyclic) bond motifs is 1. The lowest BCUT2D eigenvalue weighted by Gasteiger charge is -2.29. The molecule has 5 rings (SSSR count). The number of hydrogen-bond acceptors (Lipinski definition) is 7. The number of nitrogens with one attached hydrogen (secondary N) is 3. The Bertz CT molecular complexity index is 1570. The van der Waals surface area contributed by atoms with Gasteiger partial charge in [-0.3, -0.25) is 9.79 Å². The lowest BCUT2D eigenvalue weighted by atomic mass is 10.0. The van der Waals surface area contributed by atoms with E-state index < -0.39 is 5.82 Å². The molecule has 0 radical (unpaired) electrons. The maximum absolute atomic E-state index is 15.0. The Kier molecular flexibility index (Phi) is 7.02. The molecule has 0 saturated carbocycles. The highest BCUT2D eigenvalue weighted by atomic mass is 19.1. The van der Waals surface area contributed by atoms with Crippen LogP contribution in [-0.2, 0) is 6.54 Å². The van der Waals surface area contributed by atoms with Gasteiger partial charge < -0.3 is 31.4 Å². The number of nitrogens with two attached hydrogens (primary N) is 1. The molecule has 0 atom stereocenters. The van der Waals surface area contributed by atoms with Crippen LogP contribution in [-0.4, -0.2) is 42.0 Å². The van der Waals surface area contributed by atoms with Gasteiger partial charge in [0.25, 0.3) is 5.56 Å². The monoisotopic (exact) mass is 514 g/mol. The van der Waals surface area contributed by atoms with E-state index in [4.69, 9.17) is 10.7 Å². The summed E-state index contributed by atoms with van der Waals surface area (Å²) < 4.78 is 15.0. The predicted molar refractivity (Wildman–Crippen MR) is 153 cm³/mol. The molecule has 196 valence electrons.